The van der Waals surface area contributed by atoms with Crippen LogP contribution in [-0.4, -0.2) is 22.6 Å². The van der Waals surface area contributed by atoms with Crippen molar-refractivity contribution < 1.29 is 19.5 Å². The number of carboxylic acid groups (broad SMARTS) is 1. The zero-order chi connectivity index (χ0) is 15.2. The molecule has 0 saturated carbocycles. The first-order chi connectivity index (χ1) is 10.1. The summed E-state index contributed by atoms with van der Waals surface area (Å²) in [6, 6.07) is 14.9. The first-order valence-corrected chi connectivity index (χ1v) is 6.49. The number of hydrogen-bond donors (Lipinski definition) is 1. The molecule has 4 heteroatoms. The van der Waals surface area contributed by atoms with Gasteiger partial charge < -0.3 is 5.11 Å². The van der Waals surface area contributed by atoms with E-state index >= 15 is 0 Å². The monoisotopic (exact) mass is 282 g/mol. The molecule has 4 nitrogen and oxygen atoms in total. The van der Waals surface area contributed by atoms with Gasteiger partial charge in [0.25, 0.3) is 0 Å². The molecule has 0 fully saturated rings. The number of aromatic carboxylic acids is 1. The number of carbonyl (C=O) groups excluding carboxylic acids is 2. The van der Waals surface area contributed by atoms with Gasteiger partial charge in [-0.05, 0) is 11.6 Å². The topological polar surface area (TPSA) is 71.4 Å². The summed E-state index contributed by atoms with van der Waals surface area (Å²) >= 11 is 0. The van der Waals surface area contributed by atoms with Crippen LogP contribution < -0.4 is 0 Å². The molecule has 2 rings (SSSR count). The Balaban J connectivity index is 2.06. The van der Waals surface area contributed by atoms with Crippen molar-refractivity contribution in [2.75, 3.05) is 0 Å². The summed E-state index contributed by atoms with van der Waals surface area (Å²) in [5.74, 6) is -1.63. The average molecular weight is 282 g/mol. The van der Waals surface area contributed by atoms with E-state index in [0.717, 1.165) is 0 Å². The molecule has 0 aliphatic heterocycles. The second kappa shape index (κ2) is 6.61. The summed E-state index contributed by atoms with van der Waals surface area (Å²) in [4.78, 5) is 35.0. The lowest BCUT2D eigenvalue weighted by Crippen LogP contribution is -2.13. The van der Waals surface area contributed by atoms with E-state index in [9.17, 15) is 14.4 Å². The first-order valence-electron chi connectivity index (χ1n) is 6.49. The van der Waals surface area contributed by atoms with Gasteiger partial charge in [-0.25, -0.2) is 4.79 Å². The second-order valence-electron chi connectivity index (χ2n) is 4.64. The maximum atomic E-state index is 12.0. The van der Waals surface area contributed by atoms with Gasteiger partial charge in [-0.3, -0.25) is 9.59 Å². The molecule has 0 aliphatic carbocycles. The molecule has 0 atom stereocenters. The molecule has 2 aromatic rings. The third-order valence-electron chi connectivity index (χ3n) is 3.09. The molecule has 0 saturated heterocycles. The molecule has 0 heterocycles. The van der Waals surface area contributed by atoms with Crippen LogP contribution in [0.15, 0.2) is 54.6 Å². The lowest BCUT2D eigenvalue weighted by Gasteiger charge is -2.05. The molecule has 1 N–H and O–H groups in total. The van der Waals surface area contributed by atoms with Crippen LogP contribution in [0.4, 0.5) is 0 Å². The number of Topliss-reactive ketones (excluding diaryl/α,β-unsaturated/α-hetero) is 2. The molecule has 0 spiro atoms. The molecule has 2 aromatic carbocycles. The first kappa shape index (κ1) is 14.7. The van der Waals surface area contributed by atoms with Crippen LogP contribution in [0.25, 0.3) is 0 Å². The normalized spacial score (nSPS) is 10.1. The van der Waals surface area contributed by atoms with Crippen molar-refractivity contribution in [2.24, 2.45) is 0 Å². The zero-order valence-electron chi connectivity index (χ0n) is 11.3. The lowest BCUT2D eigenvalue weighted by atomic mass is 9.98. The van der Waals surface area contributed by atoms with Crippen LogP contribution in [0.1, 0.15) is 32.7 Å². The Morgan fingerprint density at radius 1 is 0.857 bits per heavy atom. The lowest BCUT2D eigenvalue weighted by molar-refractivity contribution is -0.117. The summed E-state index contributed by atoms with van der Waals surface area (Å²) in [6.45, 7) is 0. The van der Waals surface area contributed by atoms with Gasteiger partial charge in [0.05, 0.1) is 12.0 Å². The Morgan fingerprint density at radius 3 is 2.14 bits per heavy atom. The quantitative estimate of drug-likeness (QED) is 0.653. The van der Waals surface area contributed by atoms with Gasteiger partial charge in [0, 0.05) is 12.0 Å². The van der Waals surface area contributed by atoms with Crippen molar-refractivity contribution in [3.05, 3.63) is 71.3 Å². The molecular weight excluding hydrogens is 268 g/mol. The van der Waals surface area contributed by atoms with Gasteiger partial charge >= 0.3 is 5.97 Å². The van der Waals surface area contributed by atoms with E-state index in [4.69, 9.17) is 5.11 Å². The van der Waals surface area contributed by atoms with Crippen LogP contribution >= 0.6 is 0 Å². The van der Waals surface area contributed by atoms with E-state index in [-0.39, 0.29) is 30.0 Å². The summed E-state index contributed by atoms with van der Waals surface area (Å²) in [7, 11) is 0. The van der Waals surface area contributed by atoms with Gasteiger partial charge in [-0.15, -0.1) is 0 Å². The van der Waals surface area contributed by atoms with E-state index in [2.05, 4.69) is 0 Å². The maximum Gasteiger partial charge on any atom is 0.335 e. The van der Waals surface area contributed by atoms with Gasteiger partial charge in [0.15, 0.2) is 5.78 Å². The van der Waals surface area contributed by atoms with Crippen molar-refractivity contribution >= 4 is 17.5 Å². The fourth-order valence-electron chi connectivity index (χ4n) is 2.06. The molecule has 0 aliphatic rings. The molecule has 0 bridgehead atoms. The molecule has 0 aromatic heterocycles. The van der Waals surface area contributed by atoms with Gasteiger partial charge in [-0.1, -0.05) is 48.5 Å². The number of ketones is 2. The van der Waals surface area contributed by atoms with Crippen LogP contribution in [0.3, 0.4) is 0 Å². The highest BCUT2D eigenvalue weighted by atomic mass is 16.4. The highest BCUT2D eigenvalue weighted by Gasteiger charge is 2.15. The third kappa shape index (κ3) is 3.86. The Bertz CT molecular complexity index is 674. The number of hydrogen-bond acceptors (Lipinski definition) is 3. The maximum absolute atomic E-state index is 12.0. The number of rotatable bonds is 6. The van der Waals surface area contributed by atoms with Gasteiger partial charge in [0.1, 0.15) is 5.78 Å². The van der Waals surface area contributed by atoms with E-state index in [0.29, 0.717) is 11.1 Å². The highest BCUT2D eigenvalue weighted by molar-refractivity contribution is 6.08. The minimum atomic E-state index is -1.08. The Labute approximate surface area is 122 Å². The standard InChI is InChI=1S/C17H14O4/c18-14(11-16(19)12-6-2-1-3-7-12)10-13-8-4-5-9-15(13)17(20)21/h1-9H,10-11H2,(H,20,21). The summed E-state index contributed by atoms with van der Waals surface area (Å²) in [5, 5.41) is 9.06. The summed E-state index contributed by atoms with van der Waals surface area (Å²) < 4.78 is 0. The smallest absolute Gasteiger partial charge is 0.335 e. The predicted octanol–water partition coefficient (Wildman–Crippen LogP) is 2.77. The predicted molar refractivity (Wildman–Crippen MR) is 77.5 cm³/mol. The SMILES string of the molecule is O=C(CC(=O)c1ccccc1)Cc1ccccc1C(=O)O. The van der Waals surface area contributed by atoms with Crippen molar-refractivity contribution in [3.8, 4) is 0 Å². The average Bonchev–Trinajstić information content (AvgIpc) is 2.48. The van der Waals surface area contributed by atoms with E-state index in [1.54, 1.807) is 48.5 Å². The molecule has 0 amide bonds. The molecule has 106 valence electrons. The van der Waals surface area contributed by atoms with Gasteiger partial charge in [-0.2, -0.15) is 0 Å². The third-order valence-corrected chi connectivity index (χ3v) is 3.09. The van der Waals surface area contributed by atoms with Crippen LogP contribution in [0.2, 0.25) is 0 Å². The fourth-order valence-corrected chi connectivity index (χ4v) is 2.06. The molecule has 0 radical (unpaired) electrons. The molecule has 21 heavy (non-hydrogen) atoms. The van der Waals surface area contributed by atoms with E-state index in [1.165, 1.54) is 6.07 Å². The summed E-state index contributed by atoms with van der Waals surface area (Å²) in [6.07, 6.45) is -0.279. The Morgan fingerprint density at radius 2 is 1.48 bits per heavy atom. The molecule has 0 unspecified atom stereocenters. The van der Waals surface area contributed by atoms with Crippen molar-refractivity contribution in [1.29, 1.82) is 0 Å². The minimum absolute atomic E-state index is 0.0545. The largest absolute Gasteiger partial charge is 0.478 e. The minimum Gasteiger partial charge on any atom is -0.478 e. The fraction of sp³-hybridized carbons (Fsp3) is 0.118. The van der Waals surface area contributed by atoms with Gasteiger partial charge in [0.2, 0.25) is 0 Å². The van der Waals surface area contributed by atoms with Crippen LogP contribution in [-0.2, 0) is 11.2 Å². The highest BCUT2D eigenvalue weighted by Crippen LogP contribution is 2.12. The zero-order valence-corrected chi connectivity index (χ0v) is 11.3. The number of carboxylic acids is 1. The van der Waals surface area contributed by atoms with Crippen molar-refractivity contribution in [2.45, 2.75) is 12.8 Å². The number of carbonyl (C=O) groups is 3. The van der Waals surface area contributed by atoms with Crippen molar-refractivity contribution in [3.63, 3.8) is 0 Å². The number of benzene rings is 2. The van der Waals surface area contributed by atoms with Crippen LogP contribution in [0, 0.1) is 0 Å². The van der Waals surface area contributed by atoms with E-state index < -0.39 is 5.97 Å². The summed E-state index contributed by atoms with van der Waals surface area (Å²) in [5.41, 5.74) is 1.01. The second-order valence-corrected chi connectivity index (χ2v) is 4.64. The van der Waals surface area contributed by atoms with E-state index in [1.807, 2.05) is 0 Å². The molecular formula is C17H14O4. The van der Waals surface area contributed by atoms with Crippen molar-refractivity contribution in [1.82, 2.24) is 0 Å². The van der Waals surface area contributed by atoms with Crippen LogP contribution in [0.5, 0.6) is 0 Å². The Kier molecular flexibility index (Phi) is 4.61. The Hall–Kier alpha value is -2.75.